The predicted molar refractivity (Wildman–Crippen MR) is 172 cm³/mol. The summed E-state index contributed by atoms with van der Waals surface area (Å²) < 4.78 is 49.4. The molecule has 2 atom stereocenters. The minimum absolute atomic E-state index is 0.0421. The second kappa shape index (κ2) is 20.6. The fraction of sp³-hybridized carbons (Fsp3) is 0.645. The molecule has 1 aliphatic heterocycles. The monoisotopic (exact) mass is 599 g/mol. The van der Waals surface area contributed by atoms with Crippen molar-refractivity contribution in [3.63, 3.8) is 0 Å². The molecule has 41 heavy (non-hydrogen) atoms. The number of sulfonamides is 1. The standard InChI is InChI=1S/C19H36N4O2S.C12H19F2N/c1-8-15(4)19(20-13-16(5)21-26(7,24)25)22-11-12-23(17(6)9-2)18(10-3)14-22;1-4-8-15(3)10-11(5-2)6-7-12(14)9-13/h8,13,17-18,21H,9-12,14H2,1-7H3;5-7,9H,4,8,10H2,1-3H3/b15-8-,16-13+,20-19+;7-6-,11-5+,12-9-. The molecule has 0 aromatic carbocycles. The van der Waals surface area contributed by atoms with Crippen LogP contribution in [0.15, 0.2) is 64.5 Å². The van der Waals surface area contributed by atoms with Gasteiger partial charge in [0.1, 0.15) is 12.2 Å². The average Bonchev–Trinajstić information content (AvgIpc) is 2.93. The van der Waals surface area contributed by atoms with E-state index in [1.165, 1.54) is 0 Å². The lowest BCUT2D eigenvalue weighted by molar-refractivity contribution is 0.0717. The molecule has 2 unspecified atom stereocenters. The second-order valence-corrected chi connectivity index (χ2v) is 12.3. The maximum Gasteiger partial charge on any atom is 0.229 e. The van der Waals surface area contributed by atoms with Crippen molar-refractivity contribution < 1.29 is 17.2 Å². The van der Waals surface area contributed by atoms with Crippen LogP contribution in [0.25, 0.3) is 0 Å². The molecule has 0 saturated carbocycles. The van der Waals surface area contributed by atoms with Crippen molar-refractivity contribution in [3.8, 4) is 0 Å². The SMILES string of the molecule is C\C=C(/C=C\C(F)=C\F)CN(C)CCC.C\C=C(C)/C(=N\C=C(/C)NS(C)(=O)=O)N1CCN(C(C)CC)C(CC)C1. The third-order valence-corrected chi connectivity index (χ3v) is 7.65. The summed E-state index contributed by atoms with van der Waals surface area (Å²) in [7, 11) is -1.27. The Kier molecular flexibility index (Phi) is 19.4. The molecule has 1 heterocycles. The molecule has 1 N–H and O–H groups in total. The Labute approximate surface area is 249 Å². The molecule has 1 rings (SSSR count). The number of hydrogen-bond donors (Lipinski definition) is 1. The number of rotatable bonds is 13. The fourth-order valence-corrected chi connectivity index (χ4v) is 5.15. The van der Waals surface area contributed by atoms with Crippen molar-refractivity contribution in [2.45, 2.75) is 86.7 Å². The summed E-state index contributed by atoms with van der Waals surface area (Å²) in [5.74, 6) is 0.0666. The van der Waals surface area contributed by atoms with Gasteiger partial charge in [-0.05, 0) is 84.7 Å². The van der Waals surface area contributed by atoms with E-state index in [0.717, 1.165) is 81.3 Å². The molecule has 7 nitrogen and oxygen atoms in total. The van der Waals surface area contributed by atoms with Gasteiger partial charge in [-0.15, -0.1) is 0 Å². The van der Waals surface area contributed by atoms with Gasteiger partial charge < -0.3 is 9.80 Å². The smallest absolute Gasteiger partial charge is 0.229 e. The minimum atomic E-state index is -3.28. The van der Waals surface area contributed by atoms with E-state index in [9.17, 15) is 17.2 Å². The van der Waals surface area contributed by atoms with E-state index in [-0.39, 0.29) is 6.33 Å². The highest BCUT2D eigenvalue weighted by Crippen LogP contribution is 2.20. The highest BCUT2D eigenvalue weighted by Gasteiger charge is 2.30. The molecule has 0 amide bonds. The zero-order valence-electron chi connectivity index (χ0n) is 27.0. The number of likely N-dealkylation sites (N-methyl/N-ethyl adjacent to an activating group) is 1. The van der Waals surface area contributed by atoms with Crippen LogP contribution in [-0.4, -0.2) is 87.1 Å². The van der Waals surface area contributed by atoms with Gasteiger partial charge in [-0.2, -0.15) is 0 Å². The lowest BCUT2D eigenvalue weighted by atomic mass is 10.0. The van der Waals surface area contributed by atoms with E-state index < -0.39 is 15.9 Å². The predicted octanol–water partition coefficient (Wildman–Crippen LogP) is 6.57. The molecule has 0 aromatic rings. The quantitative estimate of drug-likeness (QED) is 0.147. The van der Waals surface area contributed by atoms with E-state index in [0.29, 0.717) is 17.8 Å². The van der Waals surface area contributed by atoms with Crippen molar-refractivity contribution in [1.82, 2.24) is 19.4 Å². The van der Waals surface area contributed by atoms with Crippen LogP contribution in [0.1, 0.15) is 74.7 Å². The van der Waals surface area contributed by atoms with Crippen molar-refractivity contribution in [3.05, 3.63) is 59.5 Å². The van der Waals surface area contributed by atoms with E-state index >= 15 is 0 Å². The molecule has 0 aromatic heterocycles. The van der Waals surface area contributed by atoms with Crippen LogP contribution in [0.2, 0.25) is 0 Å². The van der Waals surface area contributed by atoms with Gasteiger partial charge in [0.2, 0.25) is 10.0 Å². The summed E-state index contributed by atoms with van der Waals surface area (Å²) in [6.07, 6.45) is 12.7. The first kappa shape index (κ1) is 38.7. The molecule has 1 fully saturated rings. The highest BCUT2D eigenvalue weighted by atomic mass is 32.2. The third kappa shape index (κ3) is 16.1. The second-order valence-electron chi connectivity index (χ2n) is 10.5. The topological polar surface area (TPSA) is 68.2 Å². The van der Waals surface area contributed by atoms with E-state index in [1.54, 1.807) is 19.2 Å². The minimum Gasteiger partial charge on any atom is -0.354 e. The molecule has 10 heteroatoms. The Morgan fingerprint density at radius 3 is 2.29 bits per heavy atom. The van der Waals surface area contributed by atoms with Crippen LogP contribution >= 0.6 is 0 Å². The van der Waals surface area contributed by atoms with E-state index in [4.69, 9.17) is 0 Å². The van der Waals surface area contributed by atoms with Crippen LogP contribution in [-0.2, 0) is 10.0 Å². The zero-order chi connectivity index (χ0) is 31.6. The van der Waals surface area contributed by atoms with Gasteiger partial charge in [0.05, 0.1) is 6.26 Å². The van der Waals surface area contributed by atoms with Gasteiger partial charge in [-0.1, -0.05) is 39.0 Å². The van der Waals surface area contributed by atoms with Gasteiger partial charge >= 0.3 is 0 Å². The Morgan fingerprint density at radius 2 is 1.80 bits per heavy atom. The number of allylic oxidation sites excluding steroid dienone is 5. The first-order chi connectivity index (χ1) is 19.3. The van der Waals surface area contributed by atoms with Crippen LogP contribution in [0.5, 0.6) is 0 Å². The number of halogens is 2. The van der Waals surface area contributed by atoms with Crippen molar-refractivity contribution in [2.75, 3.05) is 46.0 Å². The number of hydrogen-bond acceptors (Lipinski definition) is 5. The Morgan fingerprint density at radius 1 is 1.15 bits per heavy atom. The van der Waals surface area contributed by atoms with Crippen LogP contribution in [0.3, 0.4) is 0 Å². The molecule has 0 spiro atoms. The highest BCUT2D eigenvalue weighted by molar-refractivity contribution is 7.88. The molecule has 1 saturated heterocycles. The number of piperazine rings is 1. The number of amidine groups is 1. The summed E-state index contributed by atoms with van der Waals surface area (Å²) in [6.45, 7) is 21.2. The Bertz CT molecular complexity index is 1060. The molecule has 0 radical (unpaired) electrons. The Hall–Kier alpha value is -2.30. The zero-order valence-corrected chi connectivity index (χ0v) is 27.9. The van der Waals surface area contributed by atoms with Gasteiger partial charge in [0, 0.05) is 50.2 Å². The average molecular weight is 600 g/mol. The van der Waals surface area contributed by atoms with Crippen LogP contribution < -0.4 is 4.72 Å². The lowest BCUT2D eigenvalue weighted by Crippen LogP contribution is -2.57. The largest absolute Gasteiger partial charge is 0.354 e. The molecule has 236 valence electrons. The van der Waals surface area contributed by atoms with Crippen LogP contribution in [0, 0.1) is 0 Å². The molecule has 1 aliphatic rings. The molecule has 0 bridgehead atoms. The summed E-state index contributed by atoms with van der Waals surface area (Å²) in [4.78, 5) is 11.7. The lowest BCUT2D eigenvalue weighted by Gasteiger charge is -2.45. The van der Waals surface area contributed by atoms with Gasteiger partial charge in [0.25, 0.3) is 0 Å². The third-order valence-electron chi connectivity index (χ3n) is 6.96. The van der Waals surface area contributed by atoms with E-state index in [1.807, 2.05) is 40.0 Å². The fourth-order valence-electron chi connectivity index (χ4n) is 4.51. The van der Waals surface area contributed by atoms with Crippen molar-refractivity contribution in [2.24, 2.45) is 4.99 Å². The van der Waals surface area contributed by atoms with Crippen LogP contribution in [0.4, 0.5) is 8.78 Å². The molecular weight excluding hydrogens is 544 g/mol. The number of nitrogens with one attached hydrogen (secondary N) is 1. The summed E-state index contributed by atoms with van der Waals surface area (Å²) in [5.41, 5.74) is 2.59. The van der Waals surface area contributed by atoms with Gasteiger partial charge in [-0.25, -0.2) is 22.2 Å². The molecule has 0 aliphatic carbocycles. The normalized spacial score (nSPS) is 19.5. The van der Waals surface area contributed by atoms with E-state index in [2.05, 4.69) is 52.1 Å². The summed E-state index contributed by atoms with van der Waals surface area (Å²) in [6, 6.07) is 1.10. The number of aliphatic imine (C=N–C) groups is 1. The first-order valence-corrected chi connectivity index (χ1v) is 16.5. The number of nitrogens with zero attached hydrogens (tertiary/aromatic N) is 4. The van der Waals surface area contributed by atoms with Crippen molar-refractivity contribution in [1.29, 1.82) is 0 Å². The van der Waals surface area contributed by atoms with Crippen molar-refractivity contribution >= 4 is 15.9 Å². The van der Waals surface area contributed by atoms with Gasteiger partial charge in [0.15, 0.2) is 5.83 Å². The maximum absolute atomic E-state index is 12.5. The summed E-state index contributed by atoms with van der Waals surface area (Å²) in [5, 5.41) is 0. The summed E-state index contributed by atoms with van der Waals surface area (Å²) >= 11 is 0. The maximum atomic E-state index is 12.5. The van der Waals surface area contributed by atoms with Gasteiger partial charge in [-0.3, -0.25) is 9.62 Å². The molecular formula is C31H55F2N5O2S. The first-order valence-electron chi connectivity index (χ1n) is 14.6. The Balaban J connectivity index is 0.000000909.